The molecular weight excluding hydrogens is 380 g/mol. The molecule has 154 valence electrons. The van der Waals surface area contributed by atoms with E-state index in [1.54, 1.807) is 18.3 Å². The van der Waals surface area contributed by atoms with Gasteiger partial charge in [-0.1, -0.05) is 18.2 Å². The molecule has 1 heterocycles. The maximum absolute atomic E-state index is 12.0. The molecule has 0 fully saturated rings. The zero-order chi connectivity index (χ0) is 21.5. The van der Waals surface area contributed by atoms with Gasteiger partial charge in [0.1, 0.15) is 0 Å². The standard InChI is InChI=1S/C23H24N4O3/c1-16-13-19(14-25-26-22(28)15-24-20-7-5-4-6-8-20)17(2)27(16)21-11-9-18(10-12-21)23(29)30-3/h4-14,24H,15H2,1-3H3,(H,26,28)/b25-14-. The van der Waals surface area contributed by atoms with Crippen LogP contribution in [0.2, 0.25) is 0 Å². The number of carbonyl (C=O) groups excluding carboxylic acids is 2. The van der Waals surface area contributed by atoms with E-state index in [0.29, 0.717) is 5.56 Å². The van der Waals surface area contributed by atoms with Gasteiger partial charge in [-0.25, -0.2) is 10.2 Å². The SMILES string of the molecule is COC(=O)c1ccc(-n2c(C)cc(/C=N\NC(=O)CNc3ccccc3)c2C)cc1. The zero-order valence-electron chi connectivity index (χ0n) is 17.2. The normalized spacial score (nSPS) is 10.8. The van der Waals surface area contributed by atoms with Crippen LogP contribution < -0.4 is 10.7 Å². The third-order valence-corrected chi connectivity index (χ3v) is 4.64. The minimum Gasteiger partial charge on any atom is -0.465 e. The molecule has 0 spiro atoms. The molecule has 1 aromatic heterocycles. The molecular formula is C23H24N4O3. The number of nitrogens with one attached hydrogen (secondary N) is 2. The maximum Gasteiger partial charge on any atom is 0.337 e. The molecule has 3 rings (SSSR count). The fraction of sp³-hybridized carbons (Fsp3) is 0.174. The molecule has 2 N–H and O–H groups in total. The first-order valence-electron chi connectivity index (χ1n) is 9.48. The molecule has 0 aliphatic heterocycles. The van der Waals surface area contributed by atoms with Gasteiger partial charge in [-0.2, -0.15) is 5.10 Å². The number of methoxy groups -OCH3 is 1. The number of para-hydroxylation sites is 1. The van der Waals surface area contributed by atoms with Crippen molar-refractivity contribution in [2.45, 2.75) is 13.8 Å². The van der Waals surface area contributed by atoms with Crippen molar-refractivity contribution in [2.24, 2.45) is 5.10 Å². The third kappa shape index (κ3) is 4.94. The van der Waals surface area contributed by atoms with E-state index in [-0.39, 0.29) is 18.4 Å². The number of aryl methyl sites for hydroxylation is 1. The van der Waals surface area contributed by atoms with E-state index in [2.05, 4.69) is 20.4 Å². The first-order chi connectivity index (χ1) is 14.5. The van der Waals surface area contributed by atoms with Crippen LogP contribution in [0.25, 0.3) is 5.69 Å². The highest BCUT2D eigenvalue weighted by Crippen LogP contribution is 2.20. The summed E-state index contributed by atoms with van der Waals surface area (Å²) in [5.41, 5.74) is 7.70. The summed E-state index contributed by atoms with van der Waals surface area (Å²) in [6.07, 6.45) is 1.63. The Morgan fingerprint density at radius 2 is 1.77 bits per heavy atom. The van der Waals surface area contributed by atoms with Gasteiger partial charge in [0.05, 0.1) is 25.4 Å². The van der Waals surface area contributed by atoms with Crippen LogP contribution in [0.3, 0.4) is 0 Å². The van der Waals surface area contributed by atoms with E-state index < -0.39 is 0 Å². The molecule has 0 atom stereocenters. The minimum atomic E-state index is -0.368. The molecule has 0 aliphatic rings. The predicted octanol–water partition coefficient (Wildman–Crippen LogP) is 3.44. The van der Waals surface area contributed by atoms with Crippen LogP contribution in [-0.4, -0.2) is 36.3 Å². The van der Waals surface area contributed by atoms with Crippen molar-refractivity contribution in [3.05, 3.63) is 83.2 Å². The smallest absolute Gasteiger partial charge is 0.337 e. The number of rotatable bonds is 7. The number of amides is 1. The third-order valence-electron chi connectivity index (χ3n) is 4.64. The average Bonchev–Trinajstić information content (AvgIpc) is 3.05. The molecule has 0 aliphatic carbocycles. The first kappa shape index (κ1) is 20.9. The van der Waals surface area contributed by atoms with Crippen molar-refractivity contribution in [2.75, 3.05) is 19.0 Å². The van der Waals surface area contributed by atoms with Crippen LogP contribution in [-0.2, 0) is 9.53 Å². The molecule has 0 saturated carbocycles. The predicted molar refractivity (Wildman–Crippen MR) is 117 cm³/mol. The van der Waals surface area contributed by atoms with E-state index in [9.17, 15) is 9.59 Å². The molecule has 2 aromatic carbocycles. The Balaban J connectivity index is 1.65. The topological polar surface area (TPSA) is 84.7 Å². The number of ether oxygens (including phenoxy) is 1. The fourth-order valence-electron chi connectivity index (χ4n) is 3.13. The molecule has 0 saturated heterocycles. The van der Waals surface area contributed by atoms with Crippen LogP contribution in [0.1, 0.15) is 27.3 Å². The second-order valence-corrected chi connectivity index (χ2v) is 6.71. The van der Waals surface area contributed by atoms with Crippen molar-refractivity contribution < 1.29 is 14.3 Å². The monoisotopic (exact) mass is 404 g/mol. The molecule has 0 radical (unpaired) electrons. The van der Waals surface area contributed by atoms with Crippen LogP contribution in [0.5, 0.6) is 0 Å². The second kappa shape index (κ2) is 9.56. The van der Waals surface area contributed by atoms with E-state index in [0.717, 1.165) is 28.3 Å². The van der Waals surface area contributed by atoms with Gasteiger partial charge in [0.25, 0.3) is 5.91 Å². The van der Waals surface area contributed by atoms with E-state index in [4.69, 9.17) is 4.74 Å². The van der Waals surface area contributed by atoms with Crippen LogP contribution >= 0.6 is 0 Å². The number of hydrogen-bond donors (Lipinski definition) is 2. The van der Waals surface area contributed by atoms with E-state index in [1.807, 2.05) is 62.4 Å². The number of benzene rings is 2. The summed E-state index contributed by atoms with van der Waals surface area (Å²) >= 11 is 0. The summed E-state index contributed by atoms with van der Waals surface area (Å²) in [5.74, 6) is -0.602. The van der Waals surface area contributed by atoms with Crippen molar-refractivity contribution in [3.63, 3.8) is 0 Å². The van der Waals surface area contributed by atoms with E-state index in [1.165, 1.54) is 7.11 Å². The molecule has 0 bridgehead atoms. The lowest BCUT2D eigenvalue weighted by Crippen LogP contribution is -2.25. The molecule has 7 nitrogen and oxygen atoms in total. The quantitative estimate of drug-likeness (QED) is 0.359. The minimum absolute atomic E-state index is 0.132. The second-order valence-electron chi connectivity index (χ2n) is 6.71. The zero-order valence-corrected chi connectivity index (χ0v) is 17.2. The lowest BCUT2D eigenvalue weighted by atomic mass is 10.2. The Labute approximate surface area is 175 Å². The summed E-state index contributed by atoms with van der Waals surface area (Å²) < 4.78 is 6.79. The number of carbonyl (C=O) groups is 2. The lowest BCUT2D eigenvalue weighted by molar-refractivity contribution is -0.119. The molecule has 3 aromatic rings. The summed E-state index contributed by atoms with van der Waals surface area (Å²) in [6.45, 7) is 4.09. The number of esters is 1. The van der Waals surface area contributed by atoms with Gasteiger partial charge in [-0.3, -0.25) is 4.79 Å². The Bertz CT molecular complexity index is 1050. The van der Waals surface area contributed by atoms with Gasteiger partial charge in [-0.05, 0) is 56.3 Å². The largest absolute Gasteiger partial charge is 0.465 e. The fourth-order valence-corrected chi connectivity index (χ4v) is 3.13. The highest BCUT2D eigenvalue weighted by molar-refractivity contribution is 5.89. The first-order valence-corrected chi connectivity index (χ1v) is 9.48. The van der Waals surface area contributed by atoms with Crippen LogP contribution in [0.15, 0.2) is 65.8 Å². The summed E-state index contributed by atoms with van der Waals surface area (Å²) in [5, 5.41) is 7.10. The Hall–Kier alpha value is -3.87. The maximum atomic E-state index is 12.0. The van der Waals surface area contributed by atoms with Gasteiger partial charge in [0.15, 0.2) is 0 Å². The average molecular weight is 404 g/mol. The van der Waals surface area contributed by atoms with Gasteiger partial charge in [0.2, 0.25) is 0 Å². The van der Waals surface area contributed by atoms with Crippen molar-refractivity contribution in [3.8, 4) is 5.69 Å². The summed E-state index contributed by atoms with van der Waals surface area (Å²) in [4.78, 5) is 23.6. The van der Waals surface area contributed by atoms with Crippen molar-refractivity contribution in [1.82, 2.24) is 9.99 Å². The van der Waals surface area contributed by atoms with Gasteiger partial charge in [-0.15, -0.1) is 0 Å². The molecule has 7 heteroatoms. The summed E-state index contributed by atoms with van der Waals surface area (Å²) in [7, 11) is 1.36. The highest BCUT2D eigenvalue weighted by Gasteiger charge is 2.11. The van der Waals surface area contributed by atoms with Gasteiger partial charge in [0, 0.05) is 28.3 Å². The van der Waals surface area contributed by atoms with Crippen LogP contribution in [0.4, 0.5) is 5.69 Å². The molecule has 0 unspecified atom stereocenters. The summed E-state index contributed by atoms with van der Waals surface area (Å²) in [6, 6.07) is 18.7. The number of anilines is 1. The number of aromatic nitrogens is 1. The van der Waals surface area contributed by atoms with Crippen molar-refractivity contribution >= 4 is 23.8 Å². The molecule has 30 heavy (non-hydrogen) atoms. The lowest BCUT2D eigenvalue weighted by Gasteiger charge is -2.10. The highest BCUT2D eigenvalue weighted by atomic mass is 16.5. The van der Waals surface area contributed by atoms with Gasteiger partial charge < -0.3 is 14.6 Å². The number of nitrogens with zero attached hydrogens (tertiary/aromatic N) is 2. The Kier molecular flexibility index (Phi) is 6.64. The Morgan fingerprint density at radius 3 is 2.43 bits per heavy atom. The van der Waals surface area contributed by atoms with Gasteiger partial charge >= 0.3 is 5.97 Å². The number of hydrazone groups is 1. The van der Waals surface area contributed by atoms with Crippen LogP contribution in [0, 0.1) is 13.8 Å². The Morgan fingerprint density at radius 1 is 1.07 bits per heavy atom. The number of hydrogen-bond acceptors (Lipinski definition) is 5. The van der Waals surface area contributed by atoms with Crippen molar-refractivity contribution in [1.29, 1.82) is 0 Å². The van der Waals surface area contributed by atoms with E-state index >= 15 is 0 Å². The molecule has 1 amide bonds.